The maximum atomic E-state index is 10.5. The first-order valence-corrected chi connectivity index (χ1v) is 3.43. The van der Waals surface area contributed by atoms with Crippen LogP contribution in [-0.4, -0.2) is 16.1 Å². The SMILES string of the molecule is CC(=O)NCc1[nH]ncc1C. The molecule has 0 unspecified atom stereocenters. The number of rotatable bonds is 2. The third kappa shape index (κ3) is 2.07. The Labute approximate surface area is 65.0 Å². The minimum absolute atomic E-state index is 0.0287. The summed E-state index contributed by atoms with van der Waals surface area (Å²) in [4.78, 5) is 10.5. The summed E-state index contributed by atoms with van der Waals surface area (Å²) in [5.41, 5.74) is 2.03. The quantitative estimate of drug-likeness (QED) is 0.644. The molecule has 0 fully saturated rings. The van der Waals surface area contributed by atoms with Gasteiger partial charge in [0.15, 0.2) is 0 Å². The minimum Gasteiger partial charge on any atom is -0.351 e. The van der Waals surface area contributed by atoms with Crippen molar-refractivity contribution in [1.29, 1.82) is 0 Å². The second-order valence-electron chi connectivity index (χ2n) is 2.44. The number of nitrogens with one attached hydrogen (secondary N) is 2. The number of aromatic amines is 1. The zero-order valence-corrected chi connectivity index (χ0v) is 6.64. The molecule has 1 amide bonds. The molecule has 1 aromatic rings. The van der Waals surface area contributed by atoms with Crippen LogP contribution in [-0.2, 0) is 11.3 Å². The molecule has 4 nitrogen and oxygen atoms in total. The Kier molecular flexibility index (Phi) is 2.25. The number of hydrogen-bond acceptors (Lipinski definition) is 2. The van der Waals surface area contributed by atoms with Crippen LogP contribution in [0.4, 0.5) is 0 Å². The molecule has 0 atom stereocenters. The van der Waals surface area contributed by atoms with E-state index in [-0.39, 0.29) is 5.91 Å². The first-order valence-electron chi connectivity index (χ1n) is 3.43. The normalized spacial score (nSPS) is 9.64. The third-order valence-corrected chi connectivity index (χ3v) is 1.45. The van der Waals surface area contributed by atoms with Gasteiger partial charge in [-0.25, -0.2) is 0 Å². The van der Waals surface area contributed by atoms with Gasteiger partial charge in [0.1, 0.15) is 0 Å². The lowest BCUT2D eigenvalue weighted by Gasteiger charge is -1.98. The first-order chi connectivity index (χ1) is 5.20. The molecule has 0 aliphatic heterocycles. The number of hydrogen-bond donors (Lipinski definition) is 2. The molecule has 1 rings (SSSR count). The number of aryl methyl sites for hydroxylation is 1. The summed E-state index contributed by atoms with van der Waals surface area (Å²) in [6.07, 6.45) is 1.73. The van der Waals surface area contributed by atoms with Crippen LogP contribution in [0.15, 0.2) is 6.20 Å². The Morgan fingerprint density at radius 1 is 1.82 bits per heavy atom. The predicted octanol–water partition coefficient (Wildman–Crippen LogP) is 0.354. The fourth-order valence-corrected chi connectivity index (χ4v) is 0.765. The molecule has 0 saturated carbocycles. The molecule has 4 heteroatoms. The molecule has 60 valence electrons. The number of carbonyl (C=O) groups excluding carboxylic acids is 1. The maximum absolute atomic E-state index is 10.5. The molecule has 0 saturated heterocycles. The number of amides is 1. The van der Waals surface area contributed by atoms with Crippen LogP contribution < -0.4 is 5.32 Å². The highest BCUT2D eigenvalue weighted by molar-refractivity contribution is 5.72. The van der Waals surface area contributed by atoms with Gasteiger partial charge >= 0.3 is 0 Å². The second-order valence-corrected chi connectivity index (χ2v) is 2.44. The van der Waals surface area contributed by atoms with Crippen LogP contribution in [0.5, 0.6) is 0 Å². The van der Waals surface area contributed by atoms with E-state index in [1.54, 1.807) is 6.20 Å². The molecular weight excluding hydrogens is 142 g/mol. The van der Waals surface area contributed by atoms with Crippen molar-refractivity contribution < 1.29 is 4.79 Å². The Bertz CT molecular complexity index is 254. The van der Waals surface area contributed by atoms with Gasteiger partial charge in [-0.15, -0.1) is 0 Å². The second kappa shape index (κ2) is 3.18. The minimum atomic E-state index is -0.0287. The summed E-state index contributed by atoms with van der Waals surface area (Å²) in [5.74, 6) is -0.0287. The number of nitrogens with zero attached hydrogens (tertiary/aromatic N) is 1. The van der Waals surface area contributed by atoms with Gasteiger partial charge in [0.2, 0.25) is 5.91 Å². The number of H-pyrrole nitrogens is 1. The molecule has 2 N–H and O–H groups in total. The van der Waals surface area contributed by atoms with Gasteiger partial charge in [-0.3, -0.25) is 9.89 Å². The molecule has 0 aliphatic rings. The van der Waals surface area contributed by atoms with E-state index in [4.69, 9.17) is 0 Å². The highest BCUT2D eigenvalue weighted by Gasteiger charge is 1.99. The Hall–Kier alpha value is -1.32. The molecule has 0 bridgehead atoms. The van der Waals surface area contributed by atoms with Gasteiger partial charge in [0.25, 0.3) is 0 Å². The summed E-state index contributed by atoms with van der Waals surface area (Å²) in [7, 11) is 0. The zero-order chi connectivity index (χ0) is 8.27. The van der Waals surface area contributed by atoms with Gasteiger partial charge < -0.3 is 5.32 Å². The van der Waals surface area contributed by atoms with Crippen LogP contribution in [0.1, 0.15) is 18.2 Å². The van der Waals surface area contributed by atoms with E-state index < -0.39 is 0 Å². The number of carbonyl (C=O) groups is 1. The number of aromatic nitrogens is 2. The molecule has 0 spiro atoms. The Balaban J connectivity index is 2.51. The third-order valence-electron chi connectivity index (χ3n) is 1.45. The molecular formula is C7H11N3O. The summed E-state index contributed by atoms with van der Waals surface area (Å²) in [5, 5.41) is 9.30. The van der Waals surface area contributed by atoms with Gasteiger partial charge in [-0.2, -0.15) is 5.10 Å². The standard InChI is InChI=1S/C7H11N3O/c1-5-3-9-10-7(5)4-8-6(2)11/h3H,4H2,1-2H3,(H,8,11)(H,9,10). The summed E-state index contributed by atoms with van der Waals surface area (Å²) in [6.45, 7) is 3.97. The maximum Gasteiger partial charge on any atom is 0.217 e. The van der Waals surface area contributed by atoms with Crippen molar-refractivity contribution in [3.05, 3.63) is 17.5 Å². The summed E-state index contributed by atoms with van der Waals surface area (Å²) >= 11 is 0. The van der Waals surface area contributed by atoms with Gasteiger partial charge in [0, 0.05) is 6.92 Å². The van der Waals surface area contributed by atoms with E-state index in [9.17, 15) is 4.79 Å². The van der Waals surface area contributed by atoms with E-state index in [1.807, 2.05) is 6.92 Å². The molecule has 11 heavy (non-hydrogen) atoms. The van der Waals surface area contributed by atoms with Crippen molar-refractivity contribution in [2.45, 2.75) is 20.4 Å². The van der Waals surface area contributed by atoms with E-state index >= 15 is 0 Å². The van der Waals surface area contributed by atoms with E-state index in [0.29, 0.717) is 6.54 Å². The first kappa shape index (κ1) is 7.78. The van der Waals surface area contributed by atoms with Crippen molar-refractivity contribution in [3.63, 3.8) is 0 Å². The monoisotopic (exact) mass is 153 g/mol. The molecule has 1 aromatic heterocycles. The van der Waals surface area contributed by atoms with E-state index in [1.165, 1.54) is 6.92 Å². The van der Waals surface area contributed by atoms with Crippen molar-refractivity contribution in [2.75, 3.05) is 0 Å². The molecule has 0 radical (unpaired) electrons. The van der Waals surface area contributed by atoms with Crippen LogP contribution in [0.3, 0.4) is 0 Å². The molecule has 0 aliphatic carbocycles. The lowest BCUT2D eigenvalue weighted by atomic mass is 10.3. The zero-order valence-electron chi connectivity index (χ0n) is 6.64. The fourth-order valence-electron chi connectivity index (χ4n) is 0.765. The average molecular weight is 153 g/mol. The van der Waals surface area contributed by atoms with Crippen LogP contribution in [0.2, 0.25) is 0 Å². The highest BCUT2D eigenvalue weighted by atomic mass is 16.1. The van der Waals surface area contributed by atoms with Gasteiger partial charge in [-0.05, 0) is 12.5 Å². The largest absolute Gasteiger partial charge is 0.351 e. The van der Waals surface area contributed by atoms with E-state index in [0.717, 1.165) is 11.3 Å². The van der Waals surface area contributed by atoms with Gasteiger partial charge in [-0.1, -0.05) is 0 Å². The lowest BCUT2D eigenvalue weighted by Crippen LogP contribution is -2.19. The fraction of sp³-hybridized carbons (Fsp3) is 0.429. The average Bonchev–Trinajstić information content (AvgIpc) is 2.31. The topological polar surface area (TPSA) is 57.8 Å². The van der Waals surface area contributed by atoms with Crippen LogP contribution in [0.25, 0.3) is 0 Å². The predicted molar refractivity (Wildman–Crippen MR) is 40.8 cm³/mol. The Morgan fingerprint density at radius 3 is 3.00 bits per heavy atom. The van der Waals surface area contributed by atoms with Gasteiger partial charge in [0.05, 0.1) is 18.4 Å². The van der Waals surface area contributed by atoms with Crippen molar-refractivity contribution >= 4 is 5.91 Å². The summed E-state index contributed by atoms with van der Waals surface area (Å²) in [6, 6.07) is 0. The Morgan fingerprint density at radius 2 is 2.55 bits per heavy atom. The van der Waals surface area contributed by atoms with E-state index in [2.05, 4.69) is 15.5 Å². The van der Waals surface area contributed by atoms with Crippen molar-refractivity contribution in [3.8, 4) is 0 Å². The lowest BCUT2D eigenvalue weighted by molar-refractivity contribution is -0.119. The van der Waals surface area contributed by atoms with Crippen molar-refractivity contribution in [1.82, 2.24) is 15.5 Å². The smallest absolute Gasteiger partial charge is 0.217 e. The highest BCUT2D eigenvalue weighted by Crippen LogP contribution is 2.00. The van der Waals surface area contributed by atoms with Crippen LogP contribution in [0, 0.1) is 6.92 Å². The summed E-state index contributed by atoms with van der Waals surface area (Å²) < 4.78 is 0. The molecule has 0 aromatic carbocycles. The van der Waals surface area contributed by atoms with Crippen molar-refractivity contribution in [2.24, 2.45) is 0 Å². The molecule has 1 heterocycles. The van der Waals surface area contributed by atoms with Crippen LogP contribution >= 0.6 is 0 Å².